The molecule has 7 heteroatoms. The average Bonchev–Trinajstić information content (AvgIpc) is 3.08. The lowest BCUT2D eigenvalue weighted by Gasteiger charge is -2.01. The first-order valence-electron chi connectivity index (χ1n) is 5.69. The fourth-order valence-corrected chi connectivity index (χ4v) is 2.96. The highest BCUT2D eigenvalue weighted by molar-refractivity contribution is 7.98. The van der Waals surface area contributed by atoms with Crippen LogP contribution in [0.1, 0.15) is 10.7 Å². The molecule has 3 heterocycles. The summed E-state index contributed by atoms with van der Waals surface area (Å²) in [6.07, 6.45) is 3.56. The van der Waals surface area contributed by atoms with Crippen LogP contribution in [0.5, 0.6) is 0 Å². The van der Waals surface area contributed by atoms with Crippen molar-refractivity contribution in [3.8, 4) is 5.82 Å². The fraction of sp³-hybridized carbons (Fsp3) is 0.167. The molecule has 3 rings (SSSR count). The molecule has 0 aliphatic heterocycles. The second-order valence-corrected chi connectivity index (χ2v) is 5.88. The maximum Gasteiger partial charge on any atom is 0.175 e. The van der Waals surface area contributed by atoms with Gasteiger partial charge in [0.1, 0.15) is 5.03 Å². The summed E-state index contributed by atoms with van der Waals surface area (Å²) < 4.78 is 1.69. The maximum atomic E-state index is 4.42. The van der Waals surface area contributed by atoms with Crippen LogP contribution >= 0.6 is 23.1 Å². The first kappa shape index (κ1) is 12.3. The highest BCUT2D eigenvalue weighted by Crippen LogP contribution is 2.21. The van der Waals surface area contributed by atoms with E-state index in [1.807, 2.05) is 31.3 Å². The van der Waals surface area contributed by atoms with Gasteiger partial charge in [0.15, 0.2) is 5.82 Å². The van der Waals surface area contributed by atoms with Crippen molar-refractivity contribution in [3.05, 3.63) is 46.7 Å². The molecule has 3 aromatic rings. The first-order chi connectivity index (χ1) is 9.31. The Hall–Kier alpha value is -1.73. The number of aryl methyl sites for hydroxylation is 1. The van der Waals surface area contributed by atoms with Crippen LogP contribution in [0.15, 0.2) is 41.0 Å². The lowest BCUT2D eigenvalue weighted by molar-refractivity contribution is 0.792. The zero-order valence-electron chi connectivity index (χ0n) is 10.2. The van der Waals surface area contributed by atoms with Gasteiger partial charge in [-0.05, 0) is 25.1 Å². The van der Waals surface area contributed by atoms with Crippen molar-refractivity contribution in [3.63, 3.8) is 0 Å². The number of hydrogen-bond acceptors (Lipinski definition) is 6. The molecule has 0 unspecified atom stereocenters. The zero-order valence-corrected chi connectivity index (χ0v) is 11.9. The smallest absolute Gasteiger partial charge is 0.175 e. The van der Waals surface area contributed by atoms with E-state index in [4.69, 9.17) is 0 Å². The fourth-order valence-electron chi connectivity index (χ4n) is 1.54. The van der Waals surface area contributed by atoms with Crippen LogP contribution in [-0.2, 0) is 5.75 Å². The zero-order chi connectivity index (χ0) is 13.1. The Morgan fingerprint density at radius 2 is 2.26 bits per heavy atom. The lowest BCUT2D eigenvalue weighted by atomic mass is 10.5. The third-order valence-corrected chi connectivity index (χ3v) is 4.18. The van der Waals surface area contributed by atoms with Gasteiger partial charge in [0, 0.05) is 23.5 Å². The molecule has 0 aromatic carbocycles. The molecule has 0 radical (unpaired) electrons. The van der Waals surface area contributed by atoms with E-state index in [1.54, 1.807) is 34.0 Å². The average molecular weight is 289 g/mol. The largest absolute Gasteiger partial charge is 0.246 e. The minimum absolute atomic E-state index is 0.721. The topological polar surface area (TPSA) is 56.5 Å². The van der Waals surface area contributed by atoms with Gasteiger partial charge >= 0.3 is 0 Å². The molecule has 0 fully saturated rings. The molecule has 0 aliphatic carbocycles. The van der Waals surface area contributed by atoms with Crippen LogP contribution in [0.3, 0.4) is 0 Å². The molecule has 96 valence electrons. The van der Waals surface area contributed by atoms with Crippen LogP contribution < -0.4 is 0 Å². The molecule has 0 saturated heterocycles. The maximum absolute atomic E-state index is 4.42. The van der Waals surface area contributed by atoms with Crippen molar-refractivity contribution in [1.29, 1.82) is 0 Å². The molecule has 0 bridgehead atoms. The van der Waals surface area contributed by atoms with Crippen LogP contribution in [0.25, 0.3) is 5.82 Å². The van der Waals surface area contributed by atoms with Crippen molar-refractivity contribution in [2.45, 2.75) is 17.7 Å². The van der Waals surface area contributed by atoms with Gasteiger partial charge < -0.3 is 0 Å². The van der Waals surface area contributed by atoms with Crippen molar-refractivity contribution in [2.24, 2.45) is 0 Å². The number of thiazole rings is 1. The Bertz CT molecular complexity index is 645. The summed E-state index contributed by atoms with van der Waals surface area (Å²) in [7, 11) is 0. The molecule has 0 saturated carbocycles. The molecular formula is C12H11N5S2. The number of rotatable bonds is 4. The van der Waals surface area contributed by atoms with Gasteiger partial charge in [-0.15, -0.1) is 21.5 Å². The summed E-state index contributed by atoms with van der Waals surface area (Å²) in [6, 6.07) is 5.72. The Kier molecular flexibility index (Phi) is 3.56. The molecule has 5 nitrogen and oxygen atoms in total. The van der Waals surface area contributed by atoms with Crippen molar-refractivity contribution in [2.75, 3.05) is 0 Å². The van der Waals surface area contributed by atoms with Crippen molar-refractivity contribution >= 4 is 23.1 Å². The van der Waals surface area contributed by atoms with Gasteiger partial charge in [-0.2, -0.15) is 5.10 Å². The normalized spacial score (nSPS) is 10.8. The lowest BCUT2D eigenvalue weighted by Crippen LogP contribution is -1.99. The Morgan fingerprint density at radius 1 is 1.32 bits per heavy atom. The first-order valence-corrected chi connectivity index (χ1v) is 7.55. The summed E-state index contributed by atoms with van der Waals surface area (Å²) in [5.74, 6) is 1.54. The Balaban J connectivity index is 1.66. The van der Waals surface area contributed by atoms with E-state index in [0.29, 0.717) is 0 Å². The SMILES string of the molecule is Cc1nc(CSc2ccc(-n3cccn3)nn2)cs1. The van der Waals surface area contributed by atoms with Crippen molar-refractivity contribution < 1.29 is 0 Å². The Morgan fingerprint density at radius 3 is 2.89 bits per heavy atom. The third kappa shape index (κ3) is 2.99. The van der Waals surface area contributed by atoms with Gasteiger partial charge in [-0.1, -0.05) is 11.8 Å². The molecule has 0 N–H and O–H groups in total. The summed E-state index contributed by atoms with van der Waals surface area (Å²) in [6.45, 7) is 2.01. The number of aromatic nitrogens is 5. The predicted molar refractivity (Wildman–Crippen MR) is 75.6 cm³/mol. The van der Waals surface area contributed by atoms with Gasteiger partial charge in [0.05, 0.1) is 10.7 Å². The third-order valence-electron chi connectivity index (χ3n) is 2.40. The molecule has 3 aromatic heterocycles. The van der Waals surface area contributed by atoms with Crippen LogP contribution in [0.4, 0.5) is 0 Å². The molecule has 0 spiro atoms. The van der Waals surface area contributed by atoms with Gasteiger partial charge in [-0.3, -0.25) is 0 Å². The highest BCUT2D eigenvalue weighted by Gasteiger charge is 2.03. The monoisotopic (exact) mass is 289 g/mol. The highest BCUT2D eigenvalue weighted by atomic mass is 32.2. The summed E-state index contributed by atoms with van der Waals surface area (Å²) in [5, 5.41) is 16.5. The van der Waals surface area contributed by atoms with Gasteiger partial charge in [0.25, 0.3) is 0 Å². The molecular weight excluding hydrogens is 278 g/mol. The second kappa shape index (κ2) is 5.50. The van der Waals surface area contributed by atoms with E-state index >= 15 is 0 Å². The summed E-state index contributed by atoms with van der Waals surface area (Å²) in [4.78, 5) is 4.42. The van der Waals surface area contributed by atoms with E-state index in [2.05, 4.69) is 25.7 Å². The summed E-state index contributed by atoms with van der Waals surface area (Å²) >= 11 is 3.30. The van der Waals surface area contributed by atoms with E-state index in [1.165, 1.54) is 0 Å². The molecule has 0 amide bonds. The number of hydrogen-bond donors (Lipinski definition) is 0. The minimum atomic E-state index is 0.721. The molecule has 0 aliphatic rings. The summed E-state index contributed by atoms with van der Waals surface area (Å²) in [5.41, 5.74) is 1.09. The quantitative estimate of drug-likeness (QED) is 0.691. The number of nitrogens with zero attached hydrogens (tertiary/aromatic N) is 5. The van der Waals surface area contributed by atoms with Crippen LogP contribution in [0.2, 0.25) is 0 Å². The second-order valence-electron chi connectivity index (χ2n) is 3.83. The van der Waals surface area contributed by atoms with Crippen LogP contribution in [0, 0.1) is 6.92 Å². The van der Waals surface area contributed by atoms with Gasteiger partial charge in [0.2, 0.25) is 0 Å². The Labute approximate surface area is 118 Å². The van der Waals surface area contributed by atoms with E-state index in [9.17, 15) is 0 Å². The van der Waals surface area contributed by atoms with E-state index < -0.39 is 0 Å². The van der Waals surface area contributed by atoms with Crippen LogP contribution in [-0.4, -0.2) is 25.0 Å². The minimum Gasteiger partial charge on any atom is -0.246 e. The number of thioether (sulfide) groups is 1. The van der Waals surface area contributed by atoms with Gasteiger partial charge in [-0.25, -0.2) is 9.67 Å². The molecule has 0 atom stereocenters. The van der Waals surface area contributed by atoms with E-state index in [-0.39, 0.29) is 0 Å². The predicted octanol–water partition coefficient (Wildman–Crippen LogP) is 2.72. The standard InChI is InChI=1S/C12H11N5S2/c1-9-14-10(7-18-9)8-19-12-4-3-11(15-16-12)17-6-2-5-13-17/h2-7H,8H2,1H3. The van der Waals surface area contributed by atoms with E-state index in [0.717, 1.165) is 27.3 Å². The van der Waals surface area contributed by atoms with Crippen molar-refractivity contribution in [1.82, 2.24) is 25.0 Å². The molecule has 19 heavy (non-hydrogen) atoms.